The number of nitrogen functional groups attached to an aromatic ring is 1. The first-order chi connectivity index (χ1) is 8.40. The van der Waals surface area contributed by atoms with E-state index in [2.05, 4.69) is 5.32 Å². The number of carbonyl (C=O) groups excluding carboxylic acids is 3. The Morgan fingerprint density at radius 3 is 2.56 bits per heavy atom. The van der Waals surface area contributed by atoms with Gasteiger partial charge in [-0.3, -0.25) is 19.3 Å². The molecule has 0 bridgehead atoms. The molecule has 96 valence electrons. The number of likely N-dealkylation sites (N-methyl/N-ethyl adjacent to an activating group) is 1. The number of aryl methyl sites for hydroxylation is 1. The molecule has 0 radical (unpaired) electrons. The normalized spacial score (nSPS) is 19.4. The maximum absolute atomic E-state index is 11.9. The minimum atomic E-state index is -0.786. The number of nitrogens with two attached hydrogens (primary N) is 1. The van der Waals surface area contributed by atoms with Gasteiger partial charge in [0, 0.05) is 20.3 Å². The molecule has 2 rings (SSSR count). The van der Waals surface area contributed by atoms with Crippen molar-refractivity contribution in [1.82, 2.24) is 14.8 Å². The molecule has 1 aliphatic heterocycles. The van der Waals surface area contributed by atoms with E-state index < -0.39 is 17.9 Å². The number of carbonyl (C=O) groups is 3. The number of rotatable bonds is 2. The van der Waals surface area contributed by atoms with E-state index >= 15 is 0 Å². The number of amides is 3. The molecule has 0 aromatic carbocycles. The van der Waals surface area contributed by atoms with Crippen LogP contribution in [0.25, 0.3) is 0 Å². The maximum Gasteiger partial charge on any atom is 0.268 e. The fourth-order valence-corrected chi connectivity index (χ4v) is 1.92. The van der Waals surface area contributed by atoms with Gasteiger partial charge in [-0.15, -0.1) is 0 Å². The summed E-state index contributed by atoms with van der Waals surface area (Å²) in [5.74, 6) is -1.11. The van der Waals surface area contributed by atoms with Gasteiger partial charge in [0.2, 0.25) is 5.91 Å². The summed E-state index contributed by atoms with van der Waals surface area (Å²) >= 11 is 0. The Morgan fingerprint density at radius 1 is 1.44 bits per heavy atom. The van der Waals surface area contributed by atoms with Crippen molar-refractivity contribution in [1.29, 1.82) is 0 Å². The average molecular weight is 250 g/mol. The van der Waals surface area contributed by atoms with Crippen LogP contribution in [0, 0.1) is 0 Å². The van der Waals surface area contributed by atoms with Crippen LogP contribution in [0.5, 0.6) is 0 Å². The van der Waals surface area contributed by atoms with E-state index in [-0.39, 0.29) is 12.3 Å². The quantitative estimate of drug-likeness (QED) is 0.664. The molecule has 18 heavy (non-hydrogen) atoms. The summed E-state index contributed by atoms with van der Waals surface area (Å²) in [6.45, 7) is 0. The first-order valence-corrected chi connectivity index (χ1v) is 5.43. The molecule has 0 saturated carbocycles. The zero-order valence-corrected chi connectivity index (χ0v) is 10.1. The van der Waals surface area contributed by atoms with Gasteiger partial charge in [0.05, 0.1) is 12.1 Å². The lowest BCUT2D eigenvalue weighted by molar-refractivity contribution is -0.137. The predicted octanol–water partition coefficient (Wildman–Crippen LogP) is -0.906. The van der Waals surface area contributed by atoms with Crippen molar-refractivity contribution in [2.24, 2.45) is 7.05 Å². The molecule has 1 atom stereocenters. The van der Waals surface area contributed by atoms with Crippen LogP contribution in [-0.4, -0.2) is 40.3 Å². The number of likely N-dealkylation sites (tertiary alicyclic amines) is 1. The number of aromatic nitrogens is 1. The first-order valence-electron chi connectivity index (χ1n) is 5.43. The third-order valence-corrected chi connectivity index (χ3v) is 2.95. The summed E-state index contributed by atoms with van der Waals surface area (Å²) in [4.78, 5) is 35.9. The minimum absolute atomic E-state index is 0.000971. The second-order valence-electron chi connectivity index (χ2n) is 4.29. The Balaban J connectivity index is 2.11. The highest BCUT2D eigenvalue weighted by molar-refractivity contribution is 6.07. The monoisotopic (exact) mass is 250 g/mol. The van der Waals surface area contributed by atoms with E-state index in [9.17, 15) is 14.4 Å². The van der Waals surface area contributed by atoms with Crippen molar-refractivity contribution >= 4 is 23.4 Å². The van der Waals surface area contributed by atoms with Crippen molar-refractivity contribution in [2.75, 3.05) is 12.8 Å². The molecule has 1 fully saturated rings. The van der Waals surface area contributed by atoms with Gasteiger partial charge in [-0.2, -0.15) is 0 Å². The fourth-order valence-electron chi connectivity index (χ4n) is 1.92. The molecule has 3 amide bonds. The van der Waals surface area contributed by atoms with Crippen molar-refractivity contribution in [3.63, 3.8) is 0 Å². The molecule has 7 nitrogen and oxygen atoms in total. The summed E-state index contributed by atoms with van der Waals surface area (Å²) in [6.07, 6.45) is 1.60. The Morgan fingerprint density at radius 2 is 2.11 bits per heavy atom. The zero-order chi connectivity index (χ0) is 13.4. The van der Waals surface area contributed by atoms with Gasteiger partial charge >= 0.3 is 0 Å². The standard InChI is InChI=1S/C11H14N4O3/c1-14-5-6(12)3-8(14)10(17)13-7-4-9(16)15(2)11(7)18/h3,5,7H,4,12H2,1-2H3,(H,13,17). The lowest BCUT2D eigenvalue weighted by Crippen LogP contribution is -2.41. The smallest absolute Gasteiger partial charge is 0.268 e. The fraction of sp³-hybridized carbons (Fsp3) is 0.364. The molecular weight excluding hydrogens is 236 g/mol. The van der Waals surface area contributed by atoms with Crippen molar-refractivity contribution in [3.8, 4) is 0 Å². The van der Waals surface area contributed by atoms with Crippen LogP contribution in [0.3, 0.4) is 0 Å². The molecule has 7 heteroatoms. The second kappa shape index (κ2) is 4.17. The topological polar surface area (TPSA) is 97.4 Å². The van der Waals surface area contributed by atoms with Crippen molar-refractivity contribution in [2.45, 2.75) is 12.5 Å². The van der Waals surface area contributed by atoms with Crippen LogP contribution in [0.4, 0.5) is 5.69 Å². The summed E-state index contributed by atoms with van der Waals surface area (Å²) in [6, 6.07) is 0.728. The van der Waals surface area contributed by atoms with Gasteiger partial charge < -0.3 is 15.6 Å². The maximum atomic E-state index is 11.9. The van der Waals surface area contributed by atoms with Crippen LogP contribution in [0.1, 0.15) is 16.9 Å². The van der Waals surface area contributed by atoms with Crippen molar-refractivity contribution in [3.05, 3.63) is 18.0 Å². The summed E-state index contributed by atoms with van der Waals surface area (Å²) in [5.41, 5.74) is 6.38. The van der Waals surface area contributed by atoms with Crippen LogP contribution in [0.2, 0.25) is 0 Å². The highest BCUT2D eigenvalue weighted by Crippen LogP contribution is 2.13. The molecule has 0 spiro atoms. The van der Waals surface area contributed by atoms with E-state index in [0.29, 0.717) is 11.4 Å². The van der Waals surface area contributed by atoms with Gasteiger partial charge in [-0.1, -0.05) is 0 Å². The molecule has 1 unspecified atom stereocenters. The van der Waals surface area contributed by atoms with E-state index in [0.717, 1.165) is 4.90 Å². The summed E-state index contributed by atoms with van der Waals surface area (Å²) in [5, 5.41) is 2.53. The number of hydrogen-bond donors (Lipinski definition) is 2. The number of anilines is 1. The number of nitrogens with zero attached hydrogens (tertiary/aromatic N) is 2. The molecule has 1 aromatic heterocycles. The van der Waals surface area contributed by atoms with E-state index in [1.165, 1.54) is 13.1 Å². The Labute approximate surface area is 104 Å². The molecule has 1 saturated heterocycles. The summed E-state index contributed by atoms with van der Waals surface area (Å²) in [7, 11) is 3.08. The average Bonchev–Trinajstić information content (AvgIpc) is 2.75. The van der Waals surface area contributed by atoms with Gasteiger partial charge in [0.15, 0.2) is 0 Å². The van der Waals surface area contributed by atoms with Crippen LogP contribution < -0.4 is 11.1 Å². The van der Waals surface area contributed by atoms with Crippen LogP contribution in [-0.2, 0) is 16.6 Å². The largest absolute Gasteiger partial charge is 0.397 e. The lowest BCUT2D eigenvalue weighted by atomic mass is 10.2. The Kier molecular flexibility index (Phi) is 2.82. The van der Waals surface area contributed by atoms with Gasteiger partial charge in [-0.05, 0) is 6.07 Å². The molecule has 0 aliphatic carbocycles. The zero-order valence-electron chi connectivity index (χ0n) is 10.1. The van der Waals surface area contributed by atoms with Crippen LogP contribution >= 0.6 is 0 Å². The predicted molar refractivity (Wildman–Crippen MR) is 63.5 cm³/mol. The Hall–Kier alpha value is -2.31. The highest BCUT2D eigenvalue weighted by atomic mass is 16.2. The van der Waals surface area contributed by atoms with Crippen molar-refractivity contribution < 1.29 is 14.4 Å². The number of nitrogens with one attached hydrogen (secondary N) is 1. The second-order valence-corrected chi connectivity index (χ2v) is 4.29. The van der Waals surface area contributed by atoms with Gasteiger partial charge in [0.25, 0.3) is 11.8 Å². The Bertz CT molecular complexity index is 534. The summed E-state index contributed by atoms with van der Waals surface area (Å²) < 4.78 is 1.57. The van der Waals surface area contributed by atoms with E-state index in [1.807, 2.05) is 0 Å². The minimum Gasteiger partial charge on any atom is -0.397 e. The molecule has 3 N–H and O–H groups in total. The molecular formula is C11H14N4O3. The van der Waals surface area contributed by atoms with Gasteiger partial charge in [-0.25, -0.2) is 0 Å². The molecule has 1 aromatic rings. The van der Waals surface area contributed by atoms with E-state index in [4.69, 9.17) is 5.73 Å². The highest BCUT2D eigenvalue weighted by Gasteiger charge is 2.37. The number of hydrogen-bond acceptors (Lipinski definition) is 4. The SMILES string of the molecule is CN1C(=O)CC(NC(=O)c2cc(N)cn2C)C1=O. The molecule has 1 aliphatic rings. The van der Waals surface area contributed by atoms with E-state index in [1.54, 1.807) is 17.8 Å². The first kappa shape index (κ1) is 12.2. The lowest BCUT2D eigenvalue weighted by Gasteiger charge is -2.11. The van der Waals surface area contributed by atoms with Gasteiger partial charge in [0.1, 0.15) is 11.7 Å². The van der Waals surface area contributed by atoms with Crippen LogP contribution in [0.15, 0.2) is 12.3 Å². The number of imide groups is 1. The third-order valence-electron chi connectivity index (χ3n) is 2.95. The third kappa shape index (κ3) is 1.94. The molecule has 2 heterocycles.